The number of likely N-dealkylation sites (N-methyl/N-ethyl adjacent to an activating group) is 1. The van der Waals surface area contributed by atoms with Crippen molar-refractivity contribution in [3.8, 4) is 47.9 Å². The fraction of sp³-hybridized carbons (Fsp3) is 0.357. The van der Waals surface area contributed by atoms with E-state index in [0.717, 1.165) is 0 Å². The minimum atomic E-state index is -0.449. The van der Waals surface area contributed by atoms with Crippen molar-refractivity contribution in [2.45, 2.75) is 19.4 Å². The summed E-state index contributed by atoms with van der Waals surface area (Å²) in [6.07, 6.45) is 5.47. The molecule has 0 aromatic rings. The van der Waals surface area contributed by atoms with Gasteiger partial charge in [-0.1, -0.05) is 11.0 Å². The Morgan fingerprint density at radius 1 is 1.37 bits per heavy atom. The molecule has 0 aromatic carbocycles. The van der Waals surface area contributed by atoms with Gasteiger partial charge in [-0.25, -0.2) is 0 Å². The molecular weight excluding hydrogens is 240 g/mol. The Bertz CT molecular complexity index is 589. The summed E-state index contributed by atoms with van der Waals surface area (Å²) < 4.78 is 0. The SMILES string of the molecule is C#CC#CC#CC#CC.CN1CCC(N=[N+]=[N-])C1=O. The summed E-state index contributed by atoms with van der Waals surface area (Å²) in [5.74, 6) is 16.9. The maximum absolute atomic E-state index is 11.0. The molecule has 1 atom stereocenters. The Labute approximate surface area is 113 Å². The molecule has 1 heterocycles. The number of rotatable bonds is 1. The molecule has 5 heteroatoms. The molecule has 1 aliphatic heterocycles. The van der Waals surface area contributed by atoms with Crippen LogP contribution >= 0.6 is 0 Å². The van der Waals surface area contributed by atoms with Crippen molar-refractivity contribution in [3.05, 3.63) is 10.4 Å². The van der Waals surface area contributed by atoms with Crippen LogP contribution in [-0.4, -0.2) is 30.4 Å². The molecule has 0 N–H and O–H groups in total. The quantitative estimate of drug-likeness (QED) is 0.299. The zero-order chi connectivity index (χ0) is 14.5. The summed E-state index contributed by atoms with van der Waals surface area (Å²) in [7, 11) is 1.70. The number of hydrogen-bond acceptors (Lipinski definition) is 2. The number of likely N-dealkylation sites (tertiary alicyclic amines) is 1. The van der Waals surface area contributed by atoms with Crippen molar-refractivity contribution in [3.63, 3.8) is 0 Å². The van der Waals surface area contributed by atoms with Gasteiger partial charge in [-0.05, 0) is 54.4 Å². The van der Waals surface area contributed by atoms with Gasteiger partial charge in [0.25, 0.3) is 0 Å². The summed E-state index contributed by atoms with van der Waals surface area (Å²) in [5, 5.41) is 3.34. The number of carbonyl (C=O) groups is 1. The lowest BCUT2D eigenvalue weighted by molar-refractivity contribution is -0.127. The van der Waals surface area contributed by atoms with E-state index < -0.39 is 6.04 Å². The standard InChI is InChI=1S/C9H4.C5H8N4O/c1-3-5-7-9-8-6-4-2;1-9-3-2-4(5(9)10)7-8-6/h1H,2H3;4H,2-3H2,1H3. The highest BCUT2D eigenvalue weighted by atomic mass is 16.2. The van der Waals surface area contributed by atoms with Crippen molar-refractivity contribution in [2.24, 2.45) is 5.11 Å². The third kappa shape index (κ3) is 7.04. The van der Waals surface area contributed by atoms with E-state index in [1.165, 1.54) is 0 Å². The Kier molecular flexibility index (Phi) is 8.59. The topological polar surface area (TPSA) is 69.1 Å². The summed E-state index contributed by atoms with van der Waals surface area (Å²) in [5.41, 5.74) is 8.02. The molecule has 1 fully saturated rings. The molecule has 1 saturated heterocycles. The first-order valence-corrected chi connectivity index (χ1v) is 5.33. The summed E-state index contributed by atoms with van der Waals surface area (Å²) in [4.78, 5) is 15.1. The van der Waals surface area contributed by atoms with E-state index in [9.17, 15) is 4.79 Å². The maximum atomic E-state index is 11.0. The average molecular weight is 252 g/mol. The Hall–Kier alpha value is -2.98. The van der Waals surface area contributed by atoms with Gasteiger partial charge in [0.2, 0.25) is 5.91 Å². The van der Waals surface area contributed by atoms with E-state index in [-0.39, 0.29) is 5.91 Å². The number of amides is 1. The molecule has 0 spiro atoms. The van der Waals surface area contributed by atoms with Crippen molar-refractivity contribution in [1.29, 1.82) is 0 Å². The van der Waals surface area contributed by atoms with Crippen molar-refractivity contribution in [1.82, 2.24) is 4.90 Å². The molecule has 5 nitrogen and oxygen atoms in total. The molecule has 1 rings (SSSR count). The predicted molar refractivity (Wildman–Crippen MR) is 73.0 cm³/mol. The second-order valence-electron chi connectivity index (χ2n) is 3.29. The fourth-order valence-electron chi connectivity index (χ4n) is 1.17. The van der Waals surface area contributed by atoms with Gasteiger partial charge in [-0.15, -0.1) is 6.42 Å². The highest BCUT2D eigenvalue weighted by Crippen LogP contribution is 2.11. The van der Waals surface area contributed by atoms with Crippen molar-refractivity contribution < 1.29 is 4.79 Å². The van der Waals surface area contributed by atoms with E-state index in [0.29, 0.717) is 13.0 Å². The summed E-state index contributed by atoms with van der Waals surface area (Å²) in [6.45, 7) is 2.41. The average Bonchev–Trinajstić information content (AvgIpc) is 2.72. The van der Waals surface area contributed by atoms with Gasteiger partial charge in [0.15, 0.2) is 0 Å². The van der Waals surface area contributed by atoms with E-state index in [1.807, 2.05) is 0 Å². The predicted octanol–water partition coefficient (Wildman–Crippen LogP) is 1.18. The molecule has 1 aliphatic rings. The molecule has 94 valence electrons. The van der Waals surface area contributed by atoms with Gasteiger partial charge in [-0.3, -0.25) is 4.79 Å². The second kappa shape index (κ2) is 10.2. The van der Waals surface area contributed by atoms with Crippen LogP contribution in [0.15, 0.2) is 5.11 Å². The minimum Gasteiger partial charge on any atom is -0.345 e. The molecule has 0 radical (unpaired) electrons. The lowest BCUT2D eigenvalue weighted by atomic mass is 10.3. The fourth-order valence-corrected chi connectivity index (χ4v) is 1.17. The molecule has 0 saturated carbocycles. The smallest absolute Gasteiger partial charge is 0.231 e. The number of terminal acetylenes is 1. The van der Waals surface area contributed by atoms with E-state index in [4.69, 9.17) is 12.0 Å². The third-order valence-electron chi connectivity index (χ3n) is 2.04. The van der Waals surface area contributed by atoms with Gasteiger partial charge in [0, 0.05) is 18.5 Å². The zero-order valence-electron chi connectivity index (χ0n) is 10.8. The minimum absolute atomic E-state index is 0.0715. The number of hydrogen-bond donors (Lipinski definition) is 0. The Morgan fingerprint density at radius 2 is 2.00 bits per heavy atom. The van der Waals surface area contributed by atoms with E-state index >= 15 is 0 Å². The van der Waals surface area contributed by atoms with Gasteiger partial charge in [-0.2, -0.15) is 0 Å². The van der Waals surface area contributed by atoms with Crippen LogP contribution in [0.1, 0.15) is 13.3 Å². The largest absolute Gasteiger partial charge is 0.345 e. The van der Waals surface area contributed by atoms with Crippen LogP contribution in [-0.2, 0) is 4.79 Å². The first-order chi connectivity index (χ1) is 9.17. The molecule has 19 heavy (non-hydrogen) atoms. The molecule has 0 aromatic heterocycles. The lowest BCUT2D eigenvalue weighted by Crippen LogP contribution is -2.23. The Balaban J connectivity index is 0.000000344. The lowest BCUT2D eigenvalue weighted by Gasteiger charge is -2.05. The van der Waals surface area contributed by atoms with Crippen LogP contribution in [0.25, 0.3) is 10.4 Å². The molecular formula is C14H12N4O. The van der Waals surface area contributed by atoms with Crippen LogP contribution in [0.5, 0.6) is 0 Å². The van der Waals surface area contributed by atoms with Crippen LogP contribution < -0.4 is 0 Å². The first-order valence-electron chi connectivity index (χ1n) is 5.33. The van der Waals surface area contributed by atoms with Crippen molar-refractivity contribution >= 4 is 5.91 Å². The maximum Gasteiger partial charge on any atom is 0.231 e. The summed E-state index contributed by atoms with van der Waals surface area (Å²) in [6, 6.07) is -0.449. The monoisotopic (exact) mass is 252 g/mol. The van der Waals surface area contributed by atoms with Gasteiger partial charge in [0.1, 0.15) is 6.04 Å². The highest BCUT2D eigenvalue weighted by molar-refractivity contribution is 5.83. The number of azide groups is 1. The van der Waals surface area contributed by atoms with Crippen molar-refractivity contribution in [2.75, 3.05) is 13.6 Å². The van der Waals surface area contributed by atoms with Crippen LogP contribution in [0.3, 0.4) is 0 Å². The van der Waals surface area contributed by atoms with Gasteiger partial charge < -0.3 is 4.90 Å². The summed E-state index contributed by atoms with van der Waals surface area (Å²) >= 11 is 0. The zero-order valence-corrected chi connectivity index (χ0v) is 10.8. The molecule has 1 unspecified atom stereocenters. The molecule has 0 aliphatic carbocycles. The van der Waals surface area contributed by atoms with E-state index in [2.05, 4.69) is 51.5 Å². The molecule has 1 amide bonds. The van der Waals surface area contributed by atoms with Gasteiger partial charge in [0.05, 0.1) is 0 Å². The number of carbonyl (C=O) groups excluding carboxylic acids is 1. The van der Waals surface area contributed by atoms with Gasteiger partial charge >= 0.3 is 0 Å². The van der Waals surface area contributed by atoms with Crippen LogP contribution in [0.4, 0.5) is 0 Å². The highest BCUT2D eigenvalue weighted by Gasteiger charge is 2.27. The molecule has 0 bridgehead atoms. The Morgan fingerprint density at radius 3 is 2.47 bits per heavy atom. The second-order valence-corrected chi connectivity index (χ2v) is 3.29. The van der Waals surface area contributed by atoms with Crippen LogP contribution in [0, 0.1) is 47.9 Å². The number of nitrogens with zero attached hydrogens (tertiary/aromatic N) is 4. The van der Waals surface area contributed by atoms with E-state index in [1.54, 1.807) is 18.9 Å². The third-order valence-corrected chi connectivity index (χ3v) is 2.04. The first kappa shape index (κ1) is 16.0. The normalized spacial score (nSPS) is 14.7. The van der Waals surface area contributed by atoms with Crippen LogP contribution in [0.2, 0.25) is 0 Å².